The number of benzene rings is 1. The minimum absolute atomic E-state index is 0.370. The fourth-order valence-electron chi connectivity index (χ4n) is 1.81. The Morgan fingerprint density at radius 3 is 2.88 bits per heavy atom. The third-order valence-corrected chi connectivity index (χ3v) is 4.69. The van der Waals surface area contributed by atoms with E-state index in [1.165, 1.54) is 12.8 Å². The molecule has 0 bridgehead atoms. The second-order valence-corrected chi connectivity index (χ2v) is 5.76. The van der Waals surface area contributed by atoms with Gasteiger partial charge in [-0.25, -0.2) is 0 Å². The molecule has 0 atom stereocenters. The quantitative estimate of drug-likeness (QED) is 0.785. The number of rotatable bonds is 5. The number of nitrogen functional groups attached to an aromatic ring is 1. The summed E-state index contributed by atoms with van der Waals surface area (Å²) >= 11 is 1.94. The molecule has 17 heavy (non-hydrogen) atoms. The van der Waals surface area contributed by atoms with E-state index < -0.39 is 0 Å². The van der Waals surface area contributed by atoms with Crippen molar-refractivity contribution in [1.82, 2.24) is 0 Å². The second-order valence-electron chi connectivity index (χ2n) is 4.49. The van der Waals surface area contributed by atoms with E-state index in [0.717, 1.165) is 17.8 Å². The largest absolute Gasteiger partial charge is 0.398 e. The molecule has 0 aliphatic heterocycles. The summed E-state index contributed by atoms with van der Waals surface area (Å²) in [5.41, 5.74) is 8.48. The molecule has 0 spiro atoms. The summed E-state index contributed by atoms with van der Waals surface area (Å²) in [6.07, 6.45) is 5.12. The van der Waals surface area contributed by atoms with Gasteiger partial charge in [0.15, 0.2) is 0 Å². The minimum Gasteiger partial charge on any atom is -0.398 e. The summed E-state index contributed by atoms with van der Waals surface area (Å²) in [5.74, 6) is 0. The van der Waals surface area contributed by atoms with Crippen LogP contribution in [-0.4, -0.2) is 17.5 Å². The lowest BCUT2D eigenvalue weighted by molar-refractivity contribution is 0.949. The third-order valence-electron chi connectivity index (χ3n) is 3.27. The monoisotopic (exact) mass is 247 g/mol. The zero-order valence-corrected chi connectivity index (χ0v) is 10.8. The molecular formula is C13H17N3S. The van der Waals surface area contributed by atoms with Crippen LogP contribution in [0.3, 0.4) is 0 Å². The van der Waals surface area contributed by atoms with Gasteiger partial charge in [0.2, 0.25) is 0 Å². The van der Waals surface area contributed by atoms with Crippen molar-refractivity contribution in [2.24, 2.45) is 0 Å². The summed E-state index contributed by atoms with van der Waals surface area (Å²) < 4.78 is 0.441. The van der Waals surface area contributed by atoms with Crippen LogP contribution < -0.4 is 11.1 Å². The highest BCUT2D eigenvalue weighted by Gasteiger charge is 2.41. The van der Waals surface area contributed by atoms with Crippen molar-refractivity contribution in [3.05, 3.63) is 23.8 Å². The Hall–Kier alpha value is -1.34. The maximum Gasteiger partial charge on any atom is 0.0670 e. The molecule has 3 N–H and O–H groups in total. The zero-order valence-electron chi connectivity index (χ0n) is 9.99. The second kappa shape index (κ2) is 4.89. The molecule has 90 valence electrons. The molecule has 2 rings (SSSR count). The van der Waals surface area contributed by atoms with Crippen LogP contribution in [0, 0.1) is 11.3 Å². The van der Waals surface area contributed by atoms with Gasteiger partial charge in [0.1, 0.15) is 0 Å². The number of nitrogens with one attached hydrogen (secondary N) is 1. The predicted octanol–water partition coefficient (Wildman–Crippen LogP) is 2.64. The Bertz CT molecular complexity index is 446. The molecule has 1 aliphatic rings. The van der Waals surface area contributed by atoms with Gasteiger partial charge in [0.05, 0.1) is 12.5 Å². The Morgan fingerprint density at radius 2 is 2.29 bits per heavy atom. The first-order valence-corrected chi connectivity index (χ1v) is 6.96. The maximum atomic E-state index is 8.71. The molecule has 4 heteroatoms. The number of nitriles is 1. The fraction of sp³-hybridized carbons (Fsp3) is 0.462. The average molecular weight is 247 g/mol. The molecule has 1 aliphatic carbocycles. The number of hydrogen-bond acceptors (Lipinski definition) is 4. The number of hydrogen-bond donors (Lipinski definition) is 2. The van der Waals surface area contributed by atoms with Gasteiger partial charge in [-0.3, -0.25) is 0 Å². The van der Waals surface area contributed by atoms with Gasteiger partial charge >= 0.3 is 0 Å². The number of thioether (sulfide) groups is 1. The lowest BCUT2D eigenvalue weighted by Crippen LogP contribution is -2.17. The van der Waals surface area contributed by atoms with E-state index in [9.17, 15) is 0 Å². The topological polar surface area (TPSA) is 61.8 Å². The molecular weight excluding hydrogens is 230 g/mol. The summed E-state index contributed by atoms with van der Waals surface area (Å²) in [6, 6.07) is 7.96. The Morgan fingerprint density at radius 1 is 1.53 bits per heavy atom. The molecule has 0 heterocycles. The van der Waals surface area contributed by atoms with E-state index in [2.05, 4.69) is 17.6 Å². The van der Waals surface area contributed by atoms with E-state index in [1.807, 2.05) is 30.0 Å². The van der Waals surface area contributed by atoms with Gasteiger partial charge in [-0.15, -0.1) is 0 Å². The van der Waals surface area contributed by atoms with E-state index >= 15 is 0 Å². The number of nitrogens with two attached hydrogens (primary N) is 1. The van der Waals surface area contributed by atoms with Gasteiger partial charge in [-0.1, -0.05) is 0 Å². The highest BCUT2D eigenvalue weighted by atomic mass is 32.2. The minimum atomic E-state index is 0.370. The smallest absolute Gasteiger partial charge is 0.0670 e. The van der Waals surface area contributed by atoms with Crippen LogP contribution >= 0.6 is 11.8 Å². The Balaban J connectivity index is 2.01. The molecule has 1 fully saturated rings. The standard InChI is InChI=1S/C13H17N3S/c1-17-13(5-6-13)9-16-11-2-3-12(15)10(8-11)4-7-14/h2-3,8,16H,4-6,9,15H2,1H3. The molecule has 0 amide bonds. The highest BCUT2D eigenvalue weighted by molar-refractivity contribution is 8.00. The Kier molecular flexibility index (Phi) is 3.49. The molecule has 0 saturated heterocycles. The highest BCUT2D eigenvalue weighted by Crippen LogP contribution is 2.47. The van der Waals surface area contributed by atoms with Gasteiger partial charge in [-0.2, -0.15) is 17.0 Å². The third kappa shape index (κ3) is 2.86. The molecule has 0 radical (unpaired) electrons. The van der Waals surface area contributed by atoms with Crippen molar-refractivity contribution in [3.8, 4) is 6.07 Å². The predicted molar refractivity (Wildman–Crippen MR) is 74.1 cm³/mol. The lowest BCUT2D eigenvalue weighted by atomic mass is 10.1. The lowest BCUT2D eigenvalue weighted by Gasteiger charge is -2.15. The average Bonchev–Trinajstić information content (AvgIpc) is 3.11. The summed E-state index contributed by atoms with van der Waals surface area (Å²) in [4.78, 5) is 0. The van der Waals surface area contributed by atoms with Crippen molar-refractivity contribution in [2.75, 3.05) is 23.9 Å². The summed E-state index contributed by atoms with van der Waals surface area (Å²) in [6.45, 7) is 0.990. The van der Waals surface area contributed by atoms with E-state index in [-0.39, 0.29) is 0 Å². The summed E-state index contributed by atoms with van der Waals surface area (Å²) in [7, 11) is 0. The first-order valence-electron chi connectivity index (χ1n) is 5.73. The molecule has 0 aromatic heterocycles. The van der Waals surface area contributed by atoms with Crippen molar-refractivity contribution < 1.29 is 0 Å². The van der Waals surface area contributed by atoms with Crippen LogP contribution in [0.2, 0.25) is 0 Å². The van der Waals surface area contributed by atoms with Gasteiger partial charge in [0, 0.05) is 22.7 Å². The first kappa shape index (κ1) is 12.1. The maximum absolute atomic E-state index is 8.71. The van der Waals surface area contributed by atoms with Crippen LogP contribution in [-0.2, 0) is 6.42 Å². The van der Waals surface area contributed by atoms with Gasteiger partial charge < -0.3 is 11.1 Å². The number of nitrogens with zero attached hydrogens (tertiary/aromatic N) is 1. The summed E-state index contributed by atoms with van der Waals surface area (Å²) in [5, 5.41) is 12.2. The van der Waals surface area contributed by atoms with Crippen LogP contribution in [0.5, 0.6) is 0 Å². The van der Waals surface area contributed by atoms with Crippen LogP contribution in [0.15, 0.2) is 18.2 Å². The SMILES string of the molecule is CSC1(CNc2ccc(N)c(CC#N)c2)CC1. The van der Waals surface area contributed by atoms with Crippen molar-refractivity contribution in [1.29, 1.82) is 5.26 Å². The van der Waals surface area contributed by atoms with Crippen molar-refractivity contribution in [3.63, 3.8) is 0 Å². The normalized spacial score (nSPS) is 16.2. The van der Waals surface area contributed by atoms with Crippen LogP contribution in [0.25, 0.3) is 0 Å². The number of anilines is 2. The molecule has 1 aromatic rings. The van der Waals surface area contributed by atoms with E-state index in [0.29, 0.717) is 16.9 Å². The van der Waals surface area contributed by atoms with Gasteiger partial charge in [-0.05, 0) is 42.9 Å². The zero-order chi connectivity index (χ0) is 12.3. The van der Waals surface area contributed by atoms with Crippen LogP contribution in [0.4, 0.5) is 11.4 Å². The first-order chi connectivity index (χ1) is 8.19. The van der Waals surface area contributed by atoms with Crippen molar-refractivity contribution >= 4 is 23.1 Å². The molecule has 1 aromatic carbocycles. The van der Waals surface area contributed by atoms with Gasteiger partial charge in [0.25, 0.3) is 0 Å². The molecule has 3 nitrogen and oxygen atoms in total. The van der Waals surface area contributed by atoms with Crippen molar-refractivity contribution in [2.45, 2.75) is 24.0 Å². The fourth-order valence-corrected chi connectivity index (χ4v) is 2.54. The van der Waals surface area contributed by atoms with E-state index in [4.69, 9.17) is 11.0 Å². The van der Waals surface area contributed by atoms with Crippen LogP contribution in [0.1, 0.15) is 18.4 Å². The molecule has 0 unspecified atom stereocenters. The van der Waals surface area contributed by atoms with E-state index in [1.54, 1.807) is 0 Å². The Labute approximate surface area is 106 Å². The molecule has 1 saturated carbocycles.